The van der Waals surface area contributed by atoms with E-state index >= 15 is 0 Å². The van der Waals surface area contributed by atoms with Crippen molar-refractivity contribution < 1.29 is 45.9 Å². The second kappa shape index (κ2) is 10.3. The molecule has 14 nitrogen and oxygen atoms in total. The van der Waals surface area contributed by atoms with E-state index in [1.807, 2.05) is 0 Å². The Hall–Kier alpha value is -3.04. The first kappa shape index (κ1) is 28.2. The van der Waals surface area contributed by atoms with Gasteiger partial charge in [-0.25, -0.2) is 9.59 Å². The predicted molar refractivity (Wildman–Crippen MR) is 117 cm³/mol. The van der Waals surface area contributed by atoms with Crippen LogP contribution in [0.2, 0.25) is 0 Å². The molecule has 15 heteroatoms. The summed E-state index contributed by atoms with van der Waals surface area (Å²) in [5.41, 5.74) is -3.33. The van der Waals surface area contributed by atoms with Gasteiger partial charge >= 0.3 is 23.7 Å². The van der Waals surface area contributed by atoms with Crippen molar-refractivity contribution in [3.8, 4) is 0 Å². The van der Waals surface area contributed by atoms with Gasteiger partial charge in [-0.1, -0.05) is 0 Å². The minimum atomic E-state index is -4.21. The van der Waals surface area contributed by atoms with Gasteiger partial charge in [0, 0.05) is 25.6 Å². The van der Waals surface area contributed by atoms with Gasteiger partial charge in [-0.2, -0.15) is 13.0 Å². The van der Waals surface area contributed by atoms with Gasteiger partial charge in [-0.15, -0.1) is 0 Å². The Balaban J connectivity index is 2.68. The van der Waals surface area contributed by atoms with Crippen molar-refractivity contribution in [2.45, 2.75) is 71.7 Å². The molecule has 0 unspecified atom stereocenters. The largest absolute Gasteiger partial charge is 0.463 e. The van der Waals surface area contributed by atoms with Crippen LogP contribution in [-0.4, -0.2) is 72.4 Å². The highest BCUT2D eigenvalue weighted by atomic mass is 32.2. The molecular weight excluding hydrogens is 492 g/mol. The Bertz CT molecular complexity index is 1220. The van der Waals surface area contributed by atoms with Gasteiger partial charge in [0.1, 0.15) is 18.3 Å². The lowest BCUT2D eigenvalue weighted by atomic mass is 10.1. The van der Waals surface area contributed by atoms with E-state index in [1.54, 1.807) is 0 Å². The molecule has 0 bridgehead atoms. The number of rotatable bonds is 6. The molecule has 1 aliphatic heterocycles. The van der Waals surface area contributed by atoms with Gasteiger partial charge in [0.15, 0.2) is 18.4 Å². The maximum Gasteiger partial charge on any atom is 0.425 e. The normalized spacial score (nSPS) is 22.5. The van der Waals surface area contributed by atoms with Gasteiger partial charge in [0.05, 0.1) is 6.26 Å². The molecule has 1 saturated heterocycles. The van der Waals surface area contributed by atoms with Crippen LogP contribution in [0.4, 0.5) is 4.79 Å². The summed E-state index contributed by atoms with van der Waals surface area (Å²) in [4.78, 5) is 61.4. The lowest BCUT2D eigenvalue weighted by molar-refractivity contribution is -0.157. The molecule has 2 heterocycles. The average Bonchev–Trinajstić information content (AvgIpc) is 2.96. The van der Waals surface area contributed by atoms with E-state index in [0.29, 0.717) is 0 Å². The van der Waals surface area contributed by atoms with Crippen molar-refractivity contribution in [1.29, 1.82) is 0 Å². The Morgan fingerprint density at radius 3 is 2.17 bits per heavy atom. The summed E-state index contributed by atoms with van der Waals surface area (Å²) in [7, 11) is -4.21. The average molecular weight is 521 g/mol. The van der Waals surface area contributed by atoms with Crippen LogP contribution in [-0.2, 0) is 42.8 Å². The van der Waals surface area contributed by atoms with Crippen LogP contribution in [0, 0.1) is 6.92 Å². The zero-order valence-corrected chi connectivity index (χ0v) is 21.1. The standard InChI is InChI=1S/C20H28N2O12S/c1-10-8-21(18(26)22(16(10)25)19(27)33-20(4,5)6)17-15(34-35(7,28)29)14(31-12(3)24)13(32-17)9-30-11(2)23/h8,13-15,17H,9H2,1-7H3/t13-,14-,15-,17-/m1/s1. The van der Waals surface area contributed by atoms with E-state index in [0.717, 1.165) is 30.9 Å². The van der Waals surface area contributed by atoms with Crippen molar-refractivity contribution >= 4 is 28.1 Å². The van der Waals surface area contributed by atoms with Crippen molar-refractivity contribution in [3.05, 3.63) is 32.6 Å². The van der Waals surface area contributed by atoms with Gasteiger partial charge in [0.2, 0.25) is 0 Å². The molecular formula is C20H28N2O12S. The Morgan fingerprint density at radius 1 is 1.09 bits per heavy atom. The molecule has 196 valence electrons. The van der Waals surface area contributed by atoms with Crippen LogP contribution in [0.3, 0.4) is 0 Å². The minimum absolute atomic E-state index is 0.0929. The van der Waals surface area contributed by atoms with Crippen molar-refractivity contribution in [3.63, 3.8) is 0 Å². The Morgan fingerprint density at radius 2 is 1.69 bits per heavy atom. The zero-order valence-electron chi connectivity index (χ0n) is 20.3. The highest BCUT2D eigenvalue weighted by molar-refractivity contribution is 7.86. The highest BCUT2D eigenvalue weighted by Crippen LogP contribution is 2.34. The van der Waals surface area contributed by atoms with Crippen LogP contribution in [0.1, 0.15) is 46.4 Å². The molecule has 0 aliphatic carbocycles. The first-order chi connectivity index (χ1) is 15.9. The van der Waals surface area contributed by atoms with Gasteiger partial charge in [-0.05, 0) is 27.7 Å². The fourth-order valence-corrected chi connectivity index (χ4v) is 3.86. The number of aryl methyl sites for hydroxylation is 1. The maximum atomic E-state index is 13.2. The first-order valence-corrected chi connectivity index (χ1v) is 12.2. The summed E-state index contributed by atoms with van der Waals surface area (Å²) >= 11 is 0. The van der Waals surface area contributed by atoms with Crippen LogP contribution < -0.4 is 11.2 Å². The third-order valence-corrected chi connectivity index (χ3v) is 5.03. The van der Waals surface area contributed by atoms with E-state index in [-0.39, 0.29) is 10.1 Å². The summed E-state index contributed by atoms with van der Waals surface area (Å²) < 4.78 is 51.0. The number of esters is 2. The van der Waals surface area contributed by atoms with Gasteiger partial charge in [0.25, 0.3) is 15.7 Å². The zero-order chi connectivity index (χ0) is 26.9. The second-order valence-electron chi connectivity index (χ2n) is 8.83. The molecule has 0 radical (unpaired) electrons. The number of carbonyl (C=O) groups is 3. The fraction of sp³-hybridized carbons (Fsp3) is 0.650. The van der Waals surface area contributed by atoms with E-state index in [9.17, 15) is 32.4 Å². The molecule has 0 spiro atoms. The molecule has 35 heavy (non-hydrogen) atoms. The molecule has 1 fully saturated rings. The topological polar surface area (TPSA) is 176 Å². The van der Waals surface area contributed by atoms with E-state index in [2.05, 4.69) is 0 Å². The molecule has 0 amide bonds. The Labute approximate surface area is 200 Å². The van der Waals surface area contributed by atoms with Gasteiger partial charge in [-0.3, -0.25) is 23.1 Å². The fourth-order valence-electron chi connectivity index (χ4n) is 3.25. The van der Waals surface area contributed by atoms with Crippen LogP contribution in [0.15, 0.2) is 15.8 Å². The molecule has 0 saturated carbocycles. The summed E-state index contributed by atoms with van der Waals surface area (Å²) in [5.74, 6) is -1.54. The monoisotopic (exact) mass is 520 g/mol. The molecule has 4 atom stereocenters. The van der Waals surface area contributed by atoms with Crippen molar-refractivity contribution in [2.75, 3.05) is 12.9 Å². The minimum Gasteiger partial charge on any atom is -0.463 e. The molecule has 1 aromatic heterocycles. The van der Waals surface area contributed by atoms with Crippen LogP contribution in [0.25, 0.3) is 0 Å². The van der Waals surface area contributed by atoms with E-state index in [1.165, 1.54) is 27.7 Å². The molecule has 1 aliphatic rings. The summed E-state index contributed by atoms with van der Waals surface area (Å²) in [6.07, 6.45) is -5.46. The summed E-state index contributed by atoms with van der Waals surface area (Å²) in [6, 6.07) is 0. The number of hydrogen-bond acceptors (Lipinski definition) is 12. The van der Waals surface area contributed by atoms with Crippen LogP contribution in [0.5, 0.6) is 0 Å². The molecule has 0 N–H and O–H groups in total. The van der Waals surface area contributed by atoms with E-state index in [4.69, 9.17) is 23.1 Å². The second-order valence-corrected chi connectivity index (χ2v) is 10.4. The van der Waals surface area contributed by atoms with Crippen LogP contribution >= 0.6 is 0 Å². The third-order valence-electron chi connectivity index (χ3n) is 4.46. The van der Waals surface area contributed by atoms with Crippen molar-refractivity contribution in [1.82, 2.24) is 9.13 Å². The number of aromatic nitrogens is 2. The highest BCUT2D eigenvalue weighted by Gasteiger charge is 2.51. The summed E-state index contributed by atoms with van der Waals surface area (Å²) in [5, 5.41) is 0. The number of nitrogens with zero attached hydrogens (tertiary/aromatic N) is 2. The Kier molecular flexibility index (Phi) is 8.29. The quantitative estimate of drug-likeness (QED) is 0.276. The molecule has 2 rings (SSSR count). The number of carbonyl (C=O) groups excluding carboxylic acids is 3. The smallest absolute Gasteiger partial charge is 0.425 e. The predicted octanol–water partition coefficient (Wildman–Crippen LogP) is -0.161. The number of hydrogen-bond donors (Lipinski definition) is 0. The lowest BCUT2D eigenvalue weighted by Gasteiger charge is -2.24. The molecule has 1 aromatic rings. The molecule has 0 aromatic carbocycles. The SMILES string of the molecule is CC(=O)OC[C@H]1O[C@@H](n2cc(C)c(=O)n(C(=O)OC(C)(C)C)c2=O)[C@H](OS(C)(=O)=O)[C@@H]1OC(C)=O. The third kappa shape index (κ3) is 7.22. The van der Waals surface area contributed by atoms with E-state index < -0.39 is 76.1 Å². The summed E-state index contributed by atoms with van der Waals surface area (Å²) in [6.45, 7) is 7.58. The maximum absolute atomic E-state index is 13.2. The first-order valence-electron chi connectivity index (χ1n) is 10.3. The number of ether oxygens (including phenoxy) is 4. The lowest BCUT2D eigenvalue weighted by Crippen LogP contribution is -2.49. The van der Waals surface area contributed by atoms with Gasteiger partial charge < -0.3 is 18.9 Å². The van der Waals surface area contributed by atoms with Crippen molar-refractivity contribution in [2.24, 2.45) is 0 Å².